The Morgan fingerprint density at radius 3 is 2.96 bits per heavy atom. The van der Waals surface area contributed by atoms with E-state index in [0.29, 0.717) is 25.4 Å². The molecule has 1 aromatic heterocycles. The summed E-state index contributed by atoms with van der Waals surface area (Å²) in [6.07, 6.45) is 3.61. The number of fused-ring (bicyclic) bond motifs is 1. The van der Waals surface area contributed by atoms with Crippen molar-refractivity contribution in [1.29, 1.82) is 0 Å². The standard InChI is InChI=1S/C18H24N4O3/c1-13-9-21-22(11-13)8-7-19-14(2)18(23)20-10-15-12-24-16-5-3-4-6-17(16)25-15/h3-6,9,11,14-15,19H,7-8,10,12H2,1-2H3,(H,20,23)/t14-,15-/m0/s1. The van der Waals surface area contributed by atoms with Crippen molar-refractivity contribution in [3.8, 4) is 11.5 Å². The van der Waals surface area contributed by atoms with E-state index in [2.05, 4.69) is 15.7 Å². The van der Waals surface area contributed by atoms with Gasteiger partial charge in [0.1, 0.15) is 12.7 Å². The van der Waals surface area contributed by atoms with Gasteiger partial charge in [-0.15, -0.1) is 0 Å². The van der Waals surface area contributed by atoms with Crippen LogP contribution in [0.5, 0.6) is 11.5 Å². The lowest BCUT2D eigenvalue weighted by atomic mass is 10.2. The number of nitrogens with one attached hydrogen (secondary N) is 2. The third-order valence-corrected chi connectivity index (χ3v) is 4.02. The number of hydrogen-bond donors (Lipinski definition) is 2. The third-order valence-electron chi connectivity index (χ3n) is 4.02. The molecule has 0 fully saturated rings. The number of aromatic nitrogens is 2. The zero-order chi connectivity index (χ0) is 17.6. The van der Waals surface area contributed by atoms with E-state index in [0.717, 1.165) is 17.9 Å². The van der Waals surface area contributed by atoms with Gasteiger partial charge in [-0.25, -0.2) is 0 Å². The summed E-state index contributed by atoms with van der Waals surface area (Å²) in [5.41, 5.74) is 1.13. The zero-order valence-corrected chi connectivity index (χ0v) is 14.6. The second kappa shape index (κ2) is 8.02. The third kappa shape index (κ3) is 4.73. The van der Waals surface area contributed by atoms with Crippen molar-refractivity contribution in [3.05, 3.63) is 42.2 Å². The maximum absolute atomic E-state index is 12.2. The molecular weight excluding hydrogens is 320 g/mol. The van der Waals surface area contributed by atoms with Crippen LogP contribution in [0.1, 0.15) is 12.5 Å². The molecule has 0 aliphatic carbocycles. The lowest BCUT2D eigenvalue weighted by molar-refractivity contribution is -0.123. The van der Waals surface area contributed by atoms with Crippen LogP contribution in [0, 0.1) is 6.92 Å². The normalized spacial score (nSPS) is 17.1. The van der Waals surface area contributed by atoms with Gasteiger partial charge in [0.15, 0.2) is 11.5 Å². The Hall–Kier alpha value is -2.54. The minimum absolute atomic E-state index is 0.0564. The first kappa shape index (κ1) is 17.3. The van der Waals surface area contributed by atoms with Crippen molar-refractivity contribution in [1.82, 2.24) is 20.4 Å². The Morgan fingerprint density at radius 2 is 2.20 bits per heavy atom. The highest BCUT2D eigenvalue weighted by molar-refractivity contribution is 5.81. The van der Waals surface area contributed by atoms with E-state index in [-0.39, 0.29) is 18.1 Å². The molecule has 7 heteroatoms. The lowest BCUT2D eigenvalue weighted by Crippen LogP contribution is -2.47. The topological polar surface area (TPSA) is 77.4 Å². The van der Waals surface area contributed by atoms with Crippen molar-refractivity contribution < 1.29 is 14.3 Å². The molecular formula is C18H24N4O3. The number of ether oxygens (including phenoxy) is 2. The fourth-order valence-corrected chi connectivity index (χ4v) is 2.61. The predicted octanol–water partition coefficient (Wildman–Crippen LogP) is 1.13. The molecule has 0 saturated carbocycles. The highest BCUT2D eigenvalue weighted by Gasteiger charge is 2.22. The molecule has 0 bridgehead atoms. The number of aryl methyl sites for hydroxylation is 1. The molecule has 1 amide bonds. The van der Waals surface area contributed by atoms with E-state index in [1.807, 2.05) is 55.2 Å². The Kier molecular flexibility index (Phi) is 5.55. The van der Waals surface area contributed by atoms with E-state index >= 15 is 0 Å². The Morgan fingerprint density at radius 1 is 1.40 bits per heavy atom. The molecule has 1 aliphatic heterocycles. The maximum atomic E-state index is 12.2. The fourth-order valence-electron chi connectivity index (χ4n) is 2.61. The number of amides is 1. The number of nitrogens with zero attached hydrogens (tertiary/aromatic N) is 2. The van der Waals surface area contributed by atoms with Gasteiger partial charge in [0.2, 0.25) is 5.91 Å². The summed E-state index contributed by atoms with van der Waals surface area (Å²) in [7, 11) is 0. The highest BCUT2D eigenvalue weighted by Crippen LogP contribution is 2.30. The molecule has 3 rings (SSSR count). The Labute approximate surface area is 147 Å². The van der Waals surface area contributed by atoms with Crippen LogP contribution in [0.4, 0.5) is 0 Å². The minimum Gasteiger partial charge on any atom is -0.486 e. The van der Waals surface area contributed by atoms with E-state index in [1.165, 1.54) is 0 Å². The van der Waals surface area contributed by atoms with Crippen molar-refractivity contribution in [3.63, 3.8) is 0 Å². The van der Waals surface area contributed by atoms with Gasteiger partial charge in [-0.1, -0.05) is 12.1 Å². The number of rotatable bonds is 7. The Balaban J connectivity index is 1.37. The van der Waals surface area contributed by atoms with Crippen LogP contribution in [0.15, 0.2) is 36.7 Å². The first-order valence-corrected chi connectivity index (χ1v) is 8.50. The monoisotopic (exact) mass is 344 g/mol. The van der Waals surface area contributed by atoms with Crippen LogP contribution in [0.3, 0.4) is 0 Å². The van der Waals surface area contributed by atoms with Crippen LogP contribution < -0.4 is 20.1 Å². The quantitative estimate of drug-likeness (QED) is 0.787. The van der Waals surface area contributed by atoms with Crippen LogP contribution in [0.25, 0.3) is 0 Å². The van der Waals surface area contributed by atoms with E-state index in [9.17, 15) is 4.79 Å². The lowest BCUT2D eigenvalue weighted by Gasteiger charge is -2.27. The average molecular weight is 344 g/mol. The molecule has 134 valence electrons. The van der Waals surface area contributed by atoms with Gasteiger partial charge in [-0.3, -0.25) is 9.48 Å². The average Bonchev–Trinajstić information content (AvgIpc) is 3.04. The van der Waals surface area contributed by atoms with E-state index < -0.39 is 0 Å². The summed E-state index contributed by atoms with van der Waals surface area (Å²) in [5, 5.41) is 10.3. The van der Waals surface area contributed by atoms with E-state index in [4.69, 9.17) is 9.47 Å². The molecule has 2 heterocycles. The van der Waals surface area contributed by atoms with Crippen LogP contribution >= 0.6 is 0 Å². The highest BCUT2D eigenvalue weighted by atomic mass is 16.6. The predicted molar refractivity (Wildman–Crippen MR) is 93.8 cm³/mol. The molecule has 0 saturated heterocycles. The summed E-state index contributed by atoms with van der Waals surface area (Å²) in [4.78, 5) is 12.2. The zero-order valence-electron chi connectivity index (χ0n) is 14.6. The fraction of sp³-hybridized carbons (Fsp3) is 0.444. The molecule has 2 atom stereocenters. The molecule has 1 aliphatic rings. The SMILES string of the molecule is Cc1cnn(CCN[C@@H](C)C(=O)NC[C@H]2COc3ccccc3O2)c1. The van der Waals surface area contributed by atoms with Crippen molar-refractivity contribution >= 4 is 5.91 Å². The van der Waals surface area contributed by atoms with Gasteiger partial charge < -0.3 is 20.1 Å². The van der Waals surface area contributed by atoms with Gasteiger partial charge in [0, 0.05) is 12.7 Å². The maximum Gasteiger partial charge on any atom is 0.236 e. The van der Waals surface area contributed by atoms with Gasteiger partial charge in [0.05, 0.1) is 25.3 Å². The molecule has 7 nitrogen and oxygen atoms in total. The number of carbonyl (C=O) groups is 1. The second-order valence-electron chi connectivity index (χ2n) is 6.20. The molecule has 0 spiro atoms. The molecule has 25 heavy (non-hydrogen) atoms. The van der Waals surface area contributed by atoms with Crippen LogP contribution in [-0.2, 0) is 11.3 Å². The number of carbonyl (C=O) groups excluding carboxylic acids is 1. The number of benzene rings is 1. The van der Waals surface area contributed by atoms with Crippen molar-refractivity contribution in [2.45, 2.75) is 32.5 Å². The molecule has 0 radical (unpaired) electrons. The van der Waals surface area contributed by atoms with Gasteiger partial charge >= 0.3 is 0 Å². The number of para-hydroxylation sites is 2. The van der Waals surface area contributed by atoms with Crippen LogP contribution in [0.2, 0.25) is 0 Å². The van der Waals surface area contributed by atoms with Gasteiger partial charge in [0.25, 0.3) is 0 Å². The Bertz CT molecular complexity index is 716. The van der Waals surface area contributed by atoms with Crippen LogP contribution in [-0.4, -0.2) is 47.5 Å². The van der Waals surface area contributed by atoms with Crippen molar-refractivity contribution in [2.24, 2.45) is 0 Å². The summed E-state index contributed by atoms with van der Waals surface area (Å²) >= 11 is 0. The first-order chi connectivity index (χ1) is 12.1. The molecule has 2 N–H and O–H groups in total. The molecule has 0 unspecified atom stereocenters. The summed E-state index contributed by atoms with van der Waals surface area (Å²) < 4.78 is 13.3. The van der Waals surface area contributed by atoms with E-state index in [1.54, 1.807) is 0 Å². The summed E-state index contributed by atoms with van der Waals surface area (Å²) in [5.74, 6) is 1.40. The van der Waals surface area contributed by atoms with Crippen molar-refractivity contribution in [2.75, 3.05) is 19.7 Å². The molecule has 1 aromatic carbocycles. The minimum atomic E-state index is -0.284. The smallest absolute Gasteiger partial charge is 0.236 e. The molecule has 2 aromatic rings. The van der Waals surface area contributed by atoms with Gasteiger partial charge in [-0.2, -0.15) is 5.10 Å². The summed E-state index contributed by atoms with van der Waals surface area (Å²) in [6.45, 7) is 6.09. The van der Waals surface area contributed by atoms with Gasteiger partial charge in [-0.05, 0) is 31.5 Å². The second-order valence-corrected chi connectivity index (χ2v) is 6.20. The summed E-state index contributed by atoms with van der Waals surface area (Å²) in [6, 6.07) is 7.26. The number of hydrogen-bond acceptors (Lipinski definition) is 5. The first-order valence-electron chi connectivity index (χ1n) is 8.50. The largest absolute Gasteiger partial charge is 0.486 e.